The Morgan fingerprint density at radius 3 is 2.71 bits per heavy atom. The van der Waals surface area contributed by atoms with Crippen molar-refractivity contribution in [3.8, 4) is 0 Å². The number of nitrogens with zero attached hydrogens (tertiary/aromatic N) is 1. The molecule has 2 nitrogen and oxygen atoms in total. The fourth-order valence-electron chi connectivity index (χ4n) is 1.51. The molecule has 0 bridgehead atoms. The number of rotatable bonds is 4. The molecule has 0 atom stereocenters. The minimum absolute atomic E-state index is 0.0411. The molecule has 0 fully saturated rings. The van der Waals surface area contributed by atoms with Crippen LogP contribution in [-0.2, 0) is 0 Å². The quantitative estimate of drug-likeness (QED) is 0.774. The van der Waals surface area contributed by atoms with Gasteiger partial charge in [0.1, 0.15) is 5.82 Å². The molecule has 5 heteroatoms. The molecule has 0 saturated carbocycles. The summed E-state index contributed by atoms with van der Waals surface area (Å²) in [5.41, 5.74) is 0.210. The van der Waals surface area contributed by atoms with Gasteiger partial charge in [-0.1, -0.05) is 33.6 Å². The van der Waals surface area contributed by atoms with Crippen LogP contribution in [-0.4, -0.2) is 28.7 Å². The van der Waals surface area contributed by atoms with Gasteiger partial charge in [-0.25, -0.2) is 4.39 Å². The largest absolute Gasteiger partial charge is 0.335 e. The van der Waals surface area contributed by atoms with Crippen molar-refractivity contribution in [3.63, 3.8) is 0 Å². The van der Waals surface area contributed by atoms with Gasteiger partial charge in [-0.15, -0.1) is 0 Å². The maximum atomic E-state index is 13.3. The summed E-state index contributed by atoms with van der Waals surface area (Å²) < 4.78 is 13.3. The molecule has 17 heavy (non-hydrogen) atoms. The molecule has 0 spiro atoms. The van der Waals surface area contributed by atoms with E-state index in [9.17, 15) is 9.18 Å². The summed E-state index contributed by atoms with van der Waals surface area (Å²) in [5.74, 6) is -0.816. The molecule has 0 heterocycles. The standard InChI is InChI=1S/C12H14BrClFNO/c1-8(2)16(7-6-13)12(17)9-4-3-5-10(15)11(9)14/h3-5,8H,6-7H2,1-2H3. The van der Waals surface area contributed by atoms with Crippen LogP contribution in [0.1, 0.15) is 24.2 Å². The minimum atomic E-state index is -0.569. The Morgan fingerprint density at radius 1 is 1.53 bits per heavy atom. The summed E-state index contributed by atoms with van der Waals surface area (Å²) >= 11 is 9.09. The first-order chi connectivity index (χ1) is 7.99. The van der Waals surface area contributed by atoms with Gasteiger partial charge in [-0.3, -0.25) is 4.79 Å². The van der Waals surface area contributed by atoms with Gasteiger partial charge in [0.2, 0.25) is 0 Å². The van der Waals surface area contributed by atoms with Crippen LogP contribution < -0.4 is 0 Å². The molecule has 0 saturated heterocycles. The van der Waals surface area contributed by atoms with Crippen LogP contribution in [0.5, 0.6) is 0 Å². The number of carbonyl (C=O) groups is 1. The van der Waals surface area contributed by atoms with Crippen LogP contribution in [0.2, 0.25) is 5.02 Å². The lowest BCUT2D eigenvalue weighted by atomic mass is 10.1. The number of hydrogen-bond acceptors (Lipinski definition) is 1. The minimum Gasteiger partial charge on any atom is -0.335 e. The lowest BCUT2D eigenvalue weighted by molar-refractivity contribution is 0.0719. The third-order valence-corrected chi connectivity index (χ3v) is 3.13. The molecule has 1 rings (SSSR count). The van der Waals surface area contributed by atoms with E-state index in [0.717, 1.165) is 0 Å². The van der Waals surface area contributed by atoms with E-state index >= 15 is 0 Å². The van der Waals surface area contributed by atoms with Crippen LogP contribution in [0.4, 0.5) is 4.39 Å². The zero-order chi connectivity index (χ0) is 13.0. The van der Waals surface area contributed by atoms with E-state index in [1.54, 1.807) is 4.90 Å². The lowest BCUT2D eigenvalue weighted by Gasteiger charge is -2.26. The smallest absolute Gasteiger partial charge is 0.255 e. The van der Waals surface area contributed by atoms with E-state index in [1.807, 2.05) is 13.8 Å². The van der Waals surface area contributed by atoms with Crippen molar-refractivity contribution in [2.75, 3.05) is 11.9 Å². The van der Waals surface area contributed by atoms with Gasteiger partial charge in [0.05, 0.1) is 10.6 Å². The topological polar surface area (TPSA) is 20.3 Å². The first-order valence-corrected chi connectivity index (χ1v) is 6.80. The fourth-order valence-corrected chi connectivity index (χ4v) is 2.10. The van der Waals surface area contributed by atoms with Crippen molar-refractivity contribution < 1.29 is 9.18 Å². The molecule has 0 radical (unpaired) electrons. The van der Waals surface area contributed by atoms with E-state index in [2.05, 4.69) is 15.9 Å². The molecule has 0 N–H and O–H groups in total. The van der Waals surface area contributed by atoms with Crippen LogP contribution in [0.15, 0.2) is 18.2 Å². The zero-order valence-electron chi connectivity index (χ0n) is 9.71. The zero-order valence-corrected chi connectivity index (χ0v) is 12.1. The van der Waals surface area contributed by atoms with E-state index in [-0.39, 0.29) is 22.5 Å². The molecule has 0 aliphatic carbocycles. The van der Waals surface area contributed by atoms with Gasteiger partial charge in [-0.2, -0.15) is 0 Å². The number of carbonyl (C=O) groups excluding carboxylic acids is 1. The molecule has 1 aromatic carbocycles. The predicted molar refractivity (Wildman–Crippen MR) is 71.4 cm³/mol. The van der Waals surface area contributed by atoms with Gasteiger partial charge in [0.25, 0.3) is 5.91 Å². The van der Waals surface area contributed by atoms with Crippen molar-refractivity contribution in [1.82, 2.24) is 4.90 Å². The molecule has 1 amide bonds. The number of alkyl halides is 1. The number of halogens is 3. The first kappa shape index (κ1) is 14.5. The van der Waals surface area contributed by atoms with Gasteiger partial charge in [0.15, 0.2) is 0 Å². The van der Waals surface area contributed by atoms with E-state index < -0.39 is 5.82 Å². The molecule has 94 valence electrons. The average Bonchev–Trinajstić information content (AvgIpc) is 2.28. The van der Waals surface area contributed by atoms with Crippen molar-refractivity contribution in [3.05, 3.63) is 34.6 Å². The molecule has 0 aliphatic heterocycles. The Bertz CT molecular complexity index is 411. The Kier molecular flexibility index (Phi) is 5.40. The number of benzene rings is 1. The Labute approximate surface area is 114 Å². The van der Waals surface area contributed by atoms with Gasteiger partial charge >= 0.3 is 0 Å². The highest BCUT2D eigenvalue weighted by Crippen LogP contribution is 2.22. The highest BCUT2D eigenvalue weighted by atomic mass is 79.9. The maximum Gasteiger partial charge on any atom is 0.255 e. The van der Waals surface area contributed by atoms with Crippen molar-refractivity contribution in [2.24, 2.45) is 0 Å². The SMILES string of the molecule is CC(C)N(CCBr)C(=O)c1cccc(F)c1Cl. The summed E-state index contributed by atoms with van der Waals surface area (Å²) in [6.45, 7) is 4.38. The summed E-state index contributed by atoms with van der Waals surface area (Å²) in [7, 11) is 0. The van der Waals surface area contributed by atoms with E-state index in [1.165, 1.54) is 18.2 Å². The van der Waals surface area contributed by atoms with Crippen LogP contribution in [0, 0.1) is 5.82 Å². The third-order valence-electron chi connectivity index (χ3n) is 2.39. The summed E-state index contributed by atoms with van der Waals surface area (Å²) in [5, 5.41) is 0.557. The summed E-state index contributed by atoms with van der Waals surface area (Å²) in [6, 6.07) is 4.31. The normalized spacial score (nSPS) is 10.7. The Hall–Kier alpha value is -0.610. The monoisotopic (exact) mass is 321 g/mol. The molecular formula is C12H14BrClFNO. The van der Waals surface area contributed by atoms with Gasteiger partial charge in [0, 0.05) is 17.9 Å². The highest BCUT2D eigenvalue weighted by molar-refractivity contribution is 9.09. The van der Waals surface area contributed by atoms with Gasteiger partial charge in [-0.05, 0) is 26.0 Å². The number of hydrogen-bond donors (Lipinski definition) is 0. The Balaban J connectivity index is 3.05. The van der Waals surface area contributed by atoms with Crippen molar-refractivity contribution >= 4 is 33.4 Å². The second-order valence-corrected chi connectivity index (χ2v) is 5.05. The highest BCUT2D eigenvalue weighted by Gasteiger charge is 2.21. The molecule has 0 aliphatic rings. The molecule has 1 aromatic rings. The lowest BCUT2D eigenvalue weighted by Crippen LogP contribution is -2.38. The predicted octanol–water partition coefficient (Wildman–Crippen LogP) is 3.72. The van der Waals surface area contributed by atoms with Crippen LogP contribution >= 0.6 is 27.5 Å². The second kappa shape index (κ2) is 6.36. The van der Waals surface area contributed by atoms with Crippen molar-refractivity contribution in [1.29, 1.82) is 0 Å². The van der Waals surface area contributed by atoms with E-state index in [0.29, 0.717) is 11.9 Å². The summed E-state index contributed by atoms with van der Waals surface area (Å²) in [4.78, 5) is 13.9. The Morgan fingerprint density at radius 2 is 2.18 bits per heavy atom. The van der Waals surface area contributed by atoms with Crippen LogP contribution in [0.25, 0.3) is 0 Å². The molecular weight excluding hydrogens is 308 g/mol. The number of amides is 1. The van der Waals surface area contributed by atoms with Crippen molar-refractivity contribution in [2.45, 2.75) is 19.9 Å². The summed E-state index contributed by atoms with van der Waals surface area (Å²) in [6.07, 6.45) is 0. The molecule has 0 unspecified atom stereocenters. The van der Waals surface area contributed by atoms with E-state index in [4.69, 9.17) is 11.6 Å². The fraction of sp³-hybridized carbons (Fsp3) is 0.417. The van der Waals surface area contributed by atoms with Gasteiger partial charge < -0.3 is 4.90 Å². The third kappa shape index (κ3) is 3.42. The van der Waals surface area contributed by atoms with Crippen LogP contribution in [0.3, 0.4) is 0 Å². The average molecular weight is 323 g/mol. The molecule has 0 aromatic heterocycles. The first-order valence-electron chi connectivity index (χ1n) is 5.30. The maximum absolute atomic E-state index is 13.3. The second-order valence-electron chi connectivity index (χ2n) is 3.88.